The second-order valence-electron chi connectivity index (χ2n) is 8.72. The molecule has 0 fully saturated rings. The second-order valence-corrected chi connectivity index (χ2v) is 8.72. The average molecular weight is 403 g/mol. The van der Waals surface area contributed by atoms with Crippen molar-refractivity contribution in [3.05, 3.63) is 71.4 Å². The van der Waals surface area contributed by atoms with Gasteiger partial charge in [-0.05, 0) is 48.1 Å². The van der Waals surface area contributed by atoms with Crippen LogP contribution in [0.5, 0.6) is 5.75 Å². The first-order valence-corrected chi connectivity index (χ1v) is 10.6. The number of allylic oxidation sites excluding steroid dienone is 1. The van der Waals surface area contributed by atoms with Gasteiger partial charge in [0.05, 0.1) is 29.7 Å². The maximum atomic E-state index is 5.77. The fourth-order valence-corrected chi connectivity index (χ4v) is 4.03. The number of benzene rings is 2. The zero-order chi connectivity index (χ0) is 22.1. The number of methoxy groups -OCH3 is 1. The number of ether oxygens (including phenoxy) is 1. The number of aromatic nitrogens is 1. The molecule has 0 unspecified atom stereocenters. The summed E-state index contributed by atoms with van der Waals surface area (Å²) in [5.41, 5.74) is 8.05. The van der Waals surface area contributed by atoms with Crippen LogP contribution in [0.1, 0.15) is 57.0 Å². The van der Waals surface area contributed by atoms with Gasteiger partial charge in [-0.3, -0.25) is 0 Å². The van der Waals surface area contributed by atoms with Crippen LogP contribution in [0.4, 0.5) is 5.69 Å². The Labute approximate surface area is 181 Å². The molecule has 0 amide bonds. The number of para-hydroxylation sites is 1. The lowest BCUT2D eigenvalue weighted by molar-refractivity contribution is 0.415. The summed E-state index contributed by atoms with van der Waals surface area (Å²) in [6, 6.07) is 13.1. The number of aryl methyl sites for hydroxylation is 2. The van der Waals surface area contributed by atoms with Crippen LogP contribution in [0.2, 0.25) is 0 Å². The van der Waals surface area contributed by atoms with Crippen molar-refractivity contribution in [3.8, 4) is 5.75 Å². The Kier molecular flexibility index (Phi) is 6.12. The highest BCUT2D eigenvalue weighted by Gasteiger charge is 2.20. The van der Waals surface area contributed by atoms with E-state index in [1.165, 1.54) is 22.0 Å². The molecule has 0 saturated heterocycles. The van der Waals surface area contributed by atoms with Gasteiger partial charge in [0.1, 0.15) is 5.75 Å². The first kappa shape index (κ1) is 21.8. The molecule has 30 heavy (non-hydrogen) atoms. The molecule has 158 valence electrons. The highest BCUT2D eigenvalue weighted by Crippen LogP contribution is 2.38. The van der Waals surface area contributed by atoms with E-state index in [1.807, 2.05) is 6.08 Å². The number of rotatable bonds is 6. The lowest BCUT2D eigenvalue weighted by atomic mass is 9.85. The van der Waals surface area contributed by atoms with Gasteiger partial charge >= 0.3 is 0 Å². The van der Waals surface area contributed by atoms with Gasteiger partial charge in [0, 0.05) is 18.0 Å². The van der Waals surface area contributed by atoms with Crippen molar-refractivity contribution >= 4 is 28.4 Å². The number of fused-ring (bicyclic) bond motifs is 1. The molecule has 3 heteroatoms. The molecule has 2 aromatic carbocycles. The zero-order valence-electron chi connectivity index (χ0n) is 19.4. The molecular formula is C27H34N2O. The maximum Gasteiger partial charge on any atom is 0.149 e. The van der Waals surface area contributed by atoms with Crippen LogP contribution >= 0.6 is 0 Å². The van der Waals surface area contributed by atoms with Crippen LogP contribution in [0.15, 0.2) is 49.1 Å². The average Bonchev–Trinajstić information content (AvgIpc) is 3.07. The Bertz CT molecular complexity index is 1110. The molecule has 0 atom stereocenters. The molecule has 0 aliphatic heterocycles. The number of nitrogens with one attached hydrogen (secondary N) is 1. The predicted molar refractivity (Wildman–Crippen MR) is 131 cm³/mol. The first-order valence-electron chi connectivity index (χ1n) is 10.6. The molecule has 0 spiro atoms. The Hall–Kier alpha value is -2.94. The lowest BCUT2D eigenvalue weighted by Gasteiger charge is -2.24. The van der Waals surface area contributed by atoms with Crippen LogP contribution in [-0.4, -0.2) is 11.7 Å². The minimum atomic E-state index is 0.0201. The monoisotopic (exact) mass is 402 g/mol. The third kappa shape index (κ3) is 3.89. The number of anilines is 1. The van der Waals surface area contributed by atoms with Crippen molar-refractivity contribution < 1.29 is 4.74 Å². The van der Waals surface area contributed by atoms with Crippen LogP contribution in [0.3, 0.4) is 0 Å². The van der Waals surface area contributed by atoms with Crippen LogP contribution in [0.25, 0.3) is 22.7 Å². The van der Waals surface area contributed by atoms with E-state index in [0.717, 1.165) is 34.8 Å². The Balaban J connectivity index is 2.14. The fraction of sp³-hybridized carbons (Fsp3) is 0.333. The van der Waals surface area contributed by atoms with Crippen molar-refractivity contribution in [1.82, 2.24) is 4.57 Å². The normalized spacial score (nSPS) is 12.3. The molecule has 1 aromatic heterocycles. The highest BCUT2D eigenvalue weighted by molar-refractivity contribution is 5.91. The van der Waals surface area contributed by atoms with E-state index < -0.39 is 0 Å². The van der Waals surface area contributed by atoms with E-state index in [4.69, 9.17) is 4.74 Å². The lowest BCUT2D eigenvalue weighted by Crippen LogP contribution is -2.13. The van der Waals surface area contributed by atoms with E-state index >= 15 is 0 Å². The number of hydrogen-bond acceptors (Lipinski definition) is 2. The largest absolute Gasteiger partial charge is 0.494 e. The quantitative estimate of drug-likeness (QED) is 0.473. The van der Waals surface area contributed by atoms with Crippen molar-refractivity contribution in [2.75, 3.05) is 12.4 Å². The van der Waals surface area contributed by atoms with Crippen molar-refractivity contribution in [1.29, 1.82) is 0 Å². The summed E-state index contributed by atoms with van der Waals surface area (Å²) in [7, 11) is 3.85. The predicted octanol–water partition coefficient (Wildman–Crippen LogP) is 7.16. The third-order valence-electron chi connectivity index (χ3n) is 5.76. The van der Waals surface area contributed by atoms with Gasteiger partial charge in [-0.2, -0.15) is 0 Å². The third-order valence-corrected chi connectivity index (χ3v) is 5.76. The van der Waals surface area contributed by atoms with E-state index in [1.54, 1.807) is 7.11 Å². The molecule has 0 radical (unpaired) electrons. The molecule has 1 heterocycles. The topological polar surface area (TPSA) is 26.2 Å². The van der Waals surface area contributed by atoms with Gasteiger partial charge < -0.3 is 14.6 Å². The fourth-order valence-electron chi connectivity index (χ4n) is 4.03. The van der Waals surface area contributed by atoms with Crippen molar-refractivity contribution in [3.63, 3.8) is 0 Å². The van der Waals surface area contributed by atoms with Gasteiger partial charge in [0.15, 0.2) is 0 Å². The van der Waals surface area contributed by atoms with E-state index in [0.29, 0.717) is 0 Å². The van der Waals surface area contributed by atoms with Gasteiger partial charge in [-0.1, -0.05) is 64.6 Å². The summed E-state index contributed by atoms with van der Waals surface area (Å²) in [5, 5.41) is 4.92. The molecule has 0 aliphatic rings. The van der Waals surface area contributed by atoms with Crippen LogP contribution in [-0.2, 0) is 18.9 Å². The van der Waals surface area contributed by atoms with Crippen LogP contribution < -0.4 is 10.1 Å². The standard InChI is InChI=1S/C27H34N2O/c1-9-18-13-12-14-20-16-24(29(7)25(18)20)22(11-3)28-23-17-21(27(4,5)6)15-19(10-2)26(23)30-8/h10-17,28H,2,9H2,1,3-8H3. The minimum absolute atomic E-state index is 0.0201. The molecule has 1 N–H and O–H groups in total. The summed E-state index contributed by atoms with van der Waals surface area (Å²) in [4.78, 5) is 0. The Morgan fingerprint density at radius 2 is 1.93 bits per heavy atom. The molecule has 0 saturated carbocycles. The summed E-state index contributed by atoms with van der Waals surface area (Å²) in [5.74, 6) is 0.811. The molecule has 3 nitrogen and oxygen atoms in total. The zero-order valence-corrected chi connectivity index (χ0v) is 19.4. The first-order chi connectivity index (χ1) is 14.2. The van der Waals surface area contributed by atoms with Gasteiger partial charge in [0.2, 0.25) is 0 Å². The molecule has 0 bridgehead atoms. The summed E-state index contributed by atoms with van der Waals surface area (Å²) in [6.45, 7) is 14.9. The van der Waals surface area contributed by atoms with Crippen molar-refractivity contribution in [2.45, 2.75) is 46.5 Å². The SMILES string of the molecule is C=Cc1cc(C(C)(C)C)cc(NC(=CC)c2cc3cccc(CC)c3n2C)c1OC. The number of nitrogens with zero attached hydrogens (tertiary/aromatic N) is 1. The minimum Gasteiger partial charge on any atom is -0.494 e. The van der Waals surface area contributed by atoms with Gasteiger partial charge in [-0.25, -0.2) is 0 Å². The number of hydrogen-bond donors (Lipinski definition) is 1. The molecule has 0 aliphatic carbocycles. The van der Waals surface area contributed by atoms with Crippen molar-refractivity contribution in [2.24, 2.45) is 7.05 Å². The van der Waals surface area contributed by atoms with E-state index in [2.05, 4.69) is 101 Å². The smallest absolute Gasteiger partial charge is 0.149 e. The summed E-state index contributed by atoms with van der Waals surface area (Å²) >= 11 is 0. The highest BCUT2D eigenvalue weighted by atomic mass is 16.5. The second kappa shape index (κ2) is 8.43. The summed E-state index contributed by atoms with van der Waals surface area (Å²) < 4.78 is 8.06. The molecule has 3 aromatic rings. The summed E-state index contributed by atoms with van der Waals surface area (Å²) in [6.07, 6.45) is 4.99. The van der Waals surface area contributed by atoms with Gasteiger partial charge in [-0.15, -0.1) is 0 Å². The van der Waals surface area contributed by atoms with E-state index in [9.17, 15) is 0 Å². The maximum absolute atomic E-state index is 5.77. The Morgan fingerprint density at radius 1 is 1.20 bits per heavy atom. The molecular weight excluding hydrogens is 368 g/mol. The molecule has 3 rings (SSSR count). The van der Waals surface area contributed by atoms with Crippen LogP contribution in [0, 0.1) is 0 Å². The van der Waals surface area contributed by atoms with E-state index in [-0.39, 0.29) is 5.41 Å². The van der Waals surface area contributed by atoms with Gasteiger partial charge in [0.25, 0.3) is 0 Å². The Morgan fingerprint density at radius 3 is 2.50 bits per heavy atom.